The van der Waals surface area contributed by atoms with Crippen molar-refractivity contribution in [3.8, 4) is 0 Å². The molecular weight excluding hydrogens is 209 g/mol. The molecule has 0 saturated carbocycles. The summed E-state index contributed by atoms with van der Waals surface area (Å²) in [5.74, 6) is -0.788. The second kappa shape index (κ2) is 5.33. The van der Waals surface area contributed by atoms with Gasteiger partial charge in [-0.2, -0.15) is 0 Å². The maximum absolute atomic E-state index is 12.4. The minimum Gasteiger partial charge on any atom is -0.348 e. The van der Waals surface area contributed by atoms with Crippen molar-refractivity contribution in [3.05, 3.63) is 29.6 Å². The van der Waals surface area contributed by atoms with E-state index >= 15 is 0 Å². The predicted octanol–water partition coefficient (Wildman–Crippen LogP) is 1.72. The smallest absolute Gasteiger partial charge is 0.270 e. The lowest BCUT2D eigenvalue weighted by Gasteiger charge is -2.06. The molecule has 82 valence electrons. The lowest BCUT2D eigenvalue weighted by atomic mass is 10.2. The lowest BCUT2D eigenvalue weighted by molar-refractivity contribution is 0.0931. The molecule has 0 atom stereocenters. The SMILES string of the molecule is O=C(NCCF)c1ncccc1C(F)F. The number of hydrogen-bond acceptors (Lipinski definition) is 2. The number of rotatable bonds is 4. The van der Waals surface area contributed by atoms with Crippen LogP contribution < -0.4 is 5.32 Å². The highest BCUT2D eigenvalue weighted by Gasteiger charge is 2.18. The summed E-state index contributed by atoms with van der Waals surface area (Å²) < 4.78 is 36.6. The van der Waals surface area contributed by atoms with E-state index in [2.05, 4.69) is 10.3 Å². The van der Waals surface area contributed by atoms with Crippen molar-refractivity contribution in [2.75, 3.05) is 13.2 Å². The molecule has 0 aromatic carbocycles. The Bertz CT molecular complexity index is 344. The summed E-state index contributed by atoms with van der Waals surface area (Å²) in [6.45, 7) is -0.958. The Kier molecular flexibility index (Phi) is 4.08. The quantitative estimate of drug-likeness (QED) is 0.836. The second-order valence-electron chi connectivity index (χ2n) is 2.69. The molecule has 0 aliphatic carbocycles. The number of nitrogens with zero attached hydrogens (tertiary/aromatic N) is 1. The van der Waals surface area contributed by atoms with E-state index in [-0.39, 0.29) is 12.2 Å². The van der Waals surface area contributed by atoms with Gasteiger partial charge in [0.2, 0.25) is 0 Å². The fraction of sp³-hybridized carbons (Fsp3) is 0.333. The molecule has 0 fully saturated rings. The summed E-state index contributed by atoms with van der Waals surface area (Å²) in [5, 5.41) is 2.13. The van der Waals surface area contributed by atoms with Crippen molar-refractivity contribution in [3.63, 3.8) is 0 Å². The monoisotopic (exact) mass is 218 g/mol. The predicted molar refractivity (Wildman–Crippen MR) is 47.5 cm³/mol. The van der Waals surface area contributed by atoms with Gasteiger partial charge in [-0.25, -0.2) is 13.2 Å². The molecule has 0 bridgehead atoms. The average Bonchev–Trinajstić information content (AvgIpc) is 2.25. The van der Waals surface area contributed by atoms with E-state index in [1.54, 1.807) is 0 Å². The summed E-state index contributed by atoms with van der Waals surface area (Å²) >= 11 is 0. The molecule has 1 aromatic rings. The number of aromatic nitrogens is 1. The summed E-state index contributed by atoms with van der Waals surface area (Å²) in [5.41, 5.74) is -0.810. The fourth-order valence-corrected chi connectivity index (χ4v) is 1.03. The number of halogens is 3. The van der Waals surface area contributed by atoms with Gasteiger partial charge in [0.1, 0.15) is 12.4 Å². The Hall–Kier alpha value is -1.59. The molecule has 3 nitrogen and oxygen atoms in total. The molecule has 1 heterocycles. The van der Waals surface area contributed by atoms with Crippen molar-refractivity contribution in [1.29, 1.82) is 0 Å². The van der Waals surface area contributed by atoms with Gasteiger partial charge < -0.3 is 5.32 Å². The van der Waals surface area contributed by atoms with Crippen LogP contribution in [0.5, 0.6) is 0 Å². The van der Waals surface area contributed by atoms with Crippen LogP contribution in [0.2, 0.25) is 0 Å². The van der Waals surface area contributed by atoms with Crippen molar-refractivity contribution in [2.45, 2.75) is 6.43 Å². The van der Waals surface area contributed by atoms with Gasteiger partial charge in [0.25, 0.3) is 12.3 Å². The van der Waals surface area contributed by atoms with Crippen LogP contribution in [0.4, 0.5) is 13.2 Å². The van der Waals surface area contributed by atoms with E-state index in [4.69, 9.17) is 0 Å². The Morgan fingerprint density at radius 3 is 2.87 bits per heavy atom. The van der Waals surface area contributed by atoms with Crippen LogP contribution in [0.1, 0.15) is 22.5 Å². The van der Waals surface area contributed by atoms with E-state index in [1.807, 2.05) is 0 Å². The van der Waals surface area contributed by atoms with Crippen molar-refractivity contribution < 1.29 is 18.0 Å². The normalized spacial score (nSPS) is 10.4. The van der Waals surface area contributed by atoms with Crippen molar-refractivity contribution in [2.24, 2.45) is 0 Å². The highest BCUT2D eigenvalue weighted by Crippen LogP contribution is 2.20. The number of pyridine rings is 1. The molecule has 1 rings (SSSR count). The van der Waals surface area contributed by atoms with Crippen molar-refractivity contribution in [1.82, 2.24) is 10.3 Å². The first kappa shape index (κ1) is 11.5. The third-order valence-electron chi connectivity index (χ3n) is 1.67. The van der Waals surface area contributed by atoms with Crippen LogP contribution in [-0.4, -0.2) is 24.1 Å². The maximum Gasteiger partial charge on any atom is 0.270 e. The van der Waals surface area contributed by atoms with E-state index in [1.165, 1.54) is 12.3 Å². The number of hydrogen-bond donors (Lipinski definition) is 1. The number of carbonyl (C=O) groups is 1. The minimum atomic E-state index is -2.77. The Labute approximate surface area is 84.3 Å². The number of alkyl halides is 3. The van der Waals surface area contributed by atoms with Gasteiger partial charge in [0.15, 0.2) is 0 Å². The first-order valence-electron chi connectivity index (χ1n) is 4.24. The number of carbonyl (C=O) groups excluding carboxylic acids is 1. The van der Waals surface area contributed by atoms with Crippen LogP contribution in [0.3, 0.4) is 0 Å². The van der Waals surface area contributed by atoms with E-state index in [9.17, 15) is 18.0 Å². The topological polar surface area (TPSA) is 42.0 Å². The van der Waals surface area contributed by atoms with Gasteiger partial charge in [-0.1, -0.05) is 0 Å². The lowest BCUT2D eigenvalue weighted by Crippen LogP contribution is -2.27. The molecule has 15 heavy (non-hydrogen) atoms. The van der Waals surface area contributed by atoms with Crippen LogP contribution in [-0.2, 0) is 0 Å². The van der Waals surface area contributed by atoms with Crippen LogP contribution in [0, 0.1) is 0 Å². The molecule has 0 spiro atoms. The van der Waals surface area contributed by atoms with Gasteiger partial charge in [0.05, 0.1) is 0 Å². The largest absolute Gasteiger partial charge is 0.348 e. The van der Waals surface area contributed by atoms with Gasteiger partial charge >= 0.3 is 0 Å². The molecule has 1 amide bonds. The van der Waals surface area contributed by atoms with Gasteiger partial charge in [-0.15, -0.1) is 0 Å². The second-order valence-corrected chi connectivity index (χ2v) is 2.69. The van der Waals surface area contributed by atoms with Gasteiger partial charge in [0, 0.05) is 18.3 Å². The Balaban J connectivity index is 2.87. The third-order valence-corrected chi connectivity index (χ3v) is 1.67. The molecule has 0 unspecified atom stereocenters. The molecule has 1 N–H and O–H groups in total. The summed E-state index contributed by atoms with van der Waals surface area (Å²) in [6, 6.07) is 2.43. The Morgan fingerprint density at radius 2 is 2.27 bits per heavy atom. The molecule has 0 radical (unpaired) electrons. The molecular formula is C9H9F3N2O. The number of amides is 1. The third kappa shape index (κ3) is 2.93. The summed E-state index contributed by atoms with van der Waals surface area (Å²) in [6.07, 6.45) is -1.54. The molecule has 0 saturated heterocycles. The standard InChI is InChI=1S/C9H9F3N2O/c10-3-5-14-9(15)7-6(8(11)12)2-1-4-13-7/h1-2,4,8H,3,5H2,(H,14,15). The highest BCUT2D eigenvalue weighted by atomic mass is 19.3. The molecule has 0 aliphatic heterocycles. The first-order valence-corrected chi connectivity index (χ1v) is 4.24. The highest BCUT2D eigenvalue weighted by molar-refractivity contribution is 5.93. The molecule has 1 aromatic heterocycles. The zero-order valence-electron chi connectivity index (χ0n) is 7.71. The van der Waals surface area contributed by atoms with Crippen LogP contribution in [0.15, 0.2) is 18.3 Å². The maximum atomic E-state index is 12.4. The van der Waals surface area contributed by atoms with E-state index in [0.717, 1.165) is 6.07 Å². The van der Waals surface area contributed by atoms with Crippen molar-refractivity contribution >= 4 is 5.91 Å². The van der Waals surface area contributed by atoms with Crippen LogP contribution in [0.25, 0.3) is 0 Å². The van der Waals surface area contributed by atoms with Gasteiger partial charge in [-0.05, 0) is 12.1 Å². The zero-order chi connectivity index (χ0) is 11.3. The minimum absolute atomic E-state index is 0.210. The summed E-state index contributed by atoms with van der Waals surface area (Å²) in [4.78, 5) is 14.8. The average molecular weight is 218 g/mol. The van der Waals surface area contributed by atoms with Gasteiger partial charge in [-0.3, -0.25) is 9.78 Å². The Morgan fingerprint density at radius 1 is 1.53 bits per heavy atom. The zero-order valence-corrected chi connectivity index (χ0v) is 7.71. The summed E-state index contributed by atoms with van der Waals surface area (Å²) in [7, 11) is 0. The van der Waals surface area contributed by atoms with E-state index < -0.39 is 24.6 Å². The van der Waals surface area contributed by atoms with Crippen LogP contribution >= 0.6 is 0 Å². The number of nitrogens with one attached hydrogen (secondary N) is 1. The fourth-order valence-electron chi connectivity index (χ4n) is 1.03. The van der Waals surface area contributed by atoms with E-state index in [0.29, 0.717) is 0 Å². The first-order chi connectivity index (χ1) is 7.16. The molecule has 6 heteroatoms. The molecule has 0 aliphatic rings.